The van der Waals surface area contributed by atoms with Gasteiger partial charge in [0.05, 0.1) is 7.11 Å². The Morgan fingerprint density at radius 3 is 2.50 bits per heavy atom. The van der Waals surface area contributed by atoms with Gasteiger partial charge in [0.2, 0.25) is 0 Å². The van der Waals surface area contributed by atoms with Gasteiger partial charge in [-0.3, -0.25) is 0 Å². The van der Waals surface area contributed by atoms with Crippen molar-refractivity contribution in [1.82, 2.24) is 0 Å². The molecule has 2 rings (SSSR count). The molecule has 0 heterocycles. The first-order valence-electron chi connectivity index (χ1n) is 6.33. The third kappa shape index (κ3) is 3.32. The van der Waals surface area contributed by atoms with E-state index in [9.17, 15) is 10.0 Å². The van der Waals surface area contributed by atoms with E-state index in [1.165, 1.54) is 0 Å². The number of para-hydroxylation sites is 1. The Morgan fingerprint density at radius 1 is 1.05 bits per heavy atom. The van der Waals surface area contributed by atoms with E-state index in [0.29, 0.717) is 17.8 Å². The van der Waals surface area contributed by atoms with Crippen LogP contribution in [0.1, 0.15) is 11.1 Å². The highest BCUT2D eigenvalue weighted by molar-refractivity contribution is 6.59. The van der Waals surface area contributed by atoms with Crippen LogP contribution in [0.2, 0.25) is 0 Å². The van der Waals surface area contributed by atoms with Crippen LogP contribution in [0.5, 0.6) is 11.5 Å². The molecule has 2 N–H and O–H groups in total. The quantitative estimate of drug-likeness (QED) is 0.804. The summed E-state index contributed by atoms with van der Waals surface area (Å²) < 4.78 is 11.0. The summed E-state index contributed by atoms with van der Waals surface area (Å²) in [5.41, 5.74) is 2.37. The van der Waals surface area contributed by atoms with Gasteiger partial charge in [-0.2, -0.15) is 0 Å². The zero-order valence-corrected chi connectivity index (χ0v) is 11.5. The van der Waals surface area contributed by atoms with Crippen LogP contribution in [-0.2, 0) is 6.61 Å². The molecule has 0 amide bonds. The number of hydrogen-bond donors (Lipinski definition) is 2. The van der Waals surface area contributed by atoms with Gasteiger partial charge in [0.15, 0.2) is 0 Å². The zero-order chi connectivity index (χ0) is 14.5. The normalized spacial score (nSPS) is 10.2. The molecule has 2 aromatic rings. The topological polar surface area (TPSA) is 58.9 Å². The smallest absolute Gasteiger partial charge is 0.492 e. The highest BCUT2D eigenvalue weighted by Crippen LogP contribution is 2.21. The molecular formula is C15H17BO4. The molecule has 4 nitrogen and oxygen atoms in total. The van der Waals surface area contributed by atoms with Crippen molar-refractivity contribution in [1.29, 1.82) is 0 Å². The zero-order valence-electron chi connectivity index (χ0n) is 11.5. The van der Waals surface area contributed by atoms with Crippen molar-refractivity contribution < 1.29 is 19.5 Å². The van der Waals surface area contributed by atoms with Gasteiger partial charge in [0.25, 0.3) is 0 Å². The number of methoxy groups -OCH3 is 1. The van der Waals surface area contributed by atoms with Crippen LogP contribution in [0, 0.1) is 6.92 Å². The van der Waals surface area contributed by atoms with E-state index in [-0.39, 0.29) is 0 Å². The predicted octanol–water partition coefficient (Wildman–Crippen LogP) is 1.26. The minimum Gasteiger partial charge on any atom is -0.496 e. The number of rotatable bonds is 5. The molecule has 2 aromatic carbocycles. The van der Waals surface area contributed by atoms with Crippen LogP contribution in [0.4, 0.5) is 0 Å². The Hall–Kier alpha value is -1.98. The monoisotopic (exact) mass is 272 g/mol. The standard InChI is InChI=1S/C15H17BO4/c1-11-7-8-14(19-2)12(9-11)10-20-15-6-4-3-5-13(15)16(17)18/h3-9,17-18H,10H2,1-2H3. The maximum absolute atomic E-state index is 9.30. The number of ether oxygens (including phenoxy) is 2. The molecule has 20 heavy (non-hydrogen) atoms. The van der Waals surface area contributed by atoms with Crippen molar-refractivity contribution in [2.75, 3.05) is 7.11 Å². The summed E-state index contributed by atoms with van der Waals surface area (Å²) >= 11 is 0. The fourth-order valence-electron chi connectivity index (χ4n) is 2.00. The largest absolute Gasteiger partial charge is 0.496 e. The molecule has 0 unspecified atom stereocenters. The Kier molecular flexibility index (Phi) is 4.66. The number of benzene rings is 2. The van der Waals surface area contributed by atoms with Gasteiger partial charge in [-0.25, -0.2) is 0 Å². The molecule has 0 radical (unpaired) electrons. The molecule has 0 aromatic heterocycles. The fraction of sp³-hybridized carbons (Fsp3) is 0.200. The van der Waals surface area contributed by atoms with Crippen molar-refractivity contribution >= 4 is 12.6 Å². The molecule has 0 aliphatic heterocycles. The molecule has 104 valence electrons. The van der Waals surface area contributed by atoms with Gasteiger partial charge in [0, 0.05) is 11.0 Å². The lowest BCUT2D eigenvalue weighted by Crippen LogP contribution is -2.31. The summed E-state index contributed by atoms with van der Waals surface area (Å²) in [6, 6.07) is 12.7. The summed E-state index contributed by atoms with van der Waals surface area (Å²) in [4.78, 5) is 0. The average molecular weight is 272 g/mol. The second kappa shape index (κ2) is 6.46. The summed E-state index contributed by atoms with van der Waals surface area (Å²) in [7, 11) is 0.0603. The maximum atomic E-state index is 9.30. The molecule has 0 aliphatic carbocycles. The van der Waals surface area contributed by atoms with Crippen LogP contribution < -0.4 is 14.9 Å². The summed E-state index contributed by atoms with van der Waals surface area (Å²) in [6.07, 6.45) is 0. The van der Waals surface area contributed by atoms with E-state index in [4.69, 9.17) is 9.47 Å². The first-order valence-corrected chi connectivity index (χ1v) is 6.33. The third-order valence-corrected chi connectivity index (χ3v) is 3.02. The molecule has 0 bridgehead atoms. The Morgan fingerprint density at radius 2 is 1.80 bits per heavy atom. The van der Waals surface area contributed by atoms with Gasteiger partial charge in [-0.1, -0.05) is 29.8 Å². The lowest BCUT2D eigenvalue weighted by molar-refractivity contribution is 0.297. The number of hydrogen-bond acceptors (Lipinski definition) is 4. The van der Waals surface area contributed by atoms with Crippen LogP contribution in [0.3, 0.4) is 0 Å². The van der Waals surface area contributed by atoms with Gasteiger partial charge >= 0.3 is 7.12 Å². The lowest BCUT2D eigenvalue weighted by atomic mass is 9.79. The first kappa shape index (κ1) is 14.4. The minimum absolute atomic E-state index is 0.300. The van der Waals surface area contributed by atoms with Crippen LogP contribution in [0.15, 0.2) is 42.5 Å². The van der Waals surface area contributed by atoms with Crippen LogP contribution >= 0.6 is 0 Å². The minimum atomic E-state index is -1.55. The van der Waals surface area contributed by atoms with E-state index in [1.807, 2.05) is 25.1 Å². The summed E-state index contributed by atoms with van der Waals surface area (Å²) in [5.74, 6) is 1.20. The van der Waals surface area contributed by atoms with E-state index < -0.39 is 7.12 Å². The SMILES string of the molecule is COc1ccc(C)cc1COc1ccccc1B(O)O. The van der Waals surface area contributed by atoms with Gasteiger partial charge < -0.3 is 19.5 Å². The molecule has 5 heteroatoms. The summed E-state index contributed by atoms with van der Waals surface area (Å²) in [5, 5.41) is 18.6. The van der Waals surface area contributed by atoms with E-state index >= 15 is 0 Å². The summed E-state index contributed by atoms with van der Waals surface area (Å²) in [6.45, 7) is 2.29. The molecular weight excluding hydrogens is 255 g/mol. The molecule has 0 atom stereocenters. The first-order chi connectivity index (χ1) is 9.61. The molecule has 0 spiro atoms. The molecule has 0 saturated heterocycles. The Balaban J connectivity index is 2.19. The van der Waals surface area contributed by atoms with E-state index in [2.05, 4.69) is 0 Å². The lowest BCUT2D eigenvalue weighted by Gasteiger charge is -2.13. The maximum Gasteiger partial charge on any atom is 0.492 e. The van der Waals surface area contributed by atoms with Crippen molar-refractivity contribution in [3.8, 4) is 11.5 Å². The second-order valence-electron chi connectivity index (χ2n) is 4.52. The van der Waals surface area contributed by atoms with Gasteiger partial charge in [0.1, 0.15) is 18.1 Å². The average Bonchev–Trinajstić information content (AvgIpc) is 2.45. The Bertz CT molecular complexity index is 584. The molecule has 0 aliphatic rings. The molecule has 0 saturated carbocycles. The molecule has 0 fully saturated rings. The van der Waals surface area contributed by atoms with Crippen LogP contribution in [0.25, 0.3) is 0 Å². The van der Waals surface area contributed by atoms with Crippen molar-refractivity contribution in [3.63, 3.8) is 0 Å². The predicted molar refractivity (Wildman–Crippen MR) is 78.3 cm³/mol. The highest BCUT2D eigenvalue weighted by atomic mass is 16.5. The Labute approximate surface area is 118 Å². The van der Waals surface area contributed by atoms with Crippen LogP contribution in [-0.4, -0.2) is 24.3 Å². The second-order valence-corrected chi connectivity index (χ2v) is 4.52. The van der Waals surface area contributed by atoms with Crippen molar-refractivity contribution in [2.45, 2.75) is 13.5 Å². The van der Waals surface area contributed by atoms with E-state index in [0.717, 1.165) is 16.9 Å². The third-order valence-electron chi connectivity index (χ3n) is 3.02. The van der Waals surface area contributed by atoms with Crippen molar-refractivity contribution in [2.24, 2.45) is 0 Å². The van der Waals surface area contributed by atoms with Crippen molar-refractivity contribution in [3.05, 3.63) is 53.6 Å². The van der Waals surface area contributed by atoms with Gasteiger partial charge in [-0.05, 0) is 25.1 Å². The fourth-order valence-corrected chi connectivity index (χ4v) is 2.00. The van der Waals surface area contributed by atoms with E-state index in [1.54, 1.807) is 31.4 Å². The number of aryl methyl sites for hydroxylation is 1. The highest BCUT2D eigenvalue weighted by Gasteiger charge is 2.16. The van der Waals surface area contributed by atoms with Gasteiger partial charge in [-0.15, -0.1) is 0 Å².